The molecule has 0 aliphatic heterocycles. The molecule has 3 rings (SSSR count). The predicted molar refractivity (Wildman–Crippen MR) is 120 cm³/mol. The fourth-order valence-electron chi connectivity index (χ4n) is 2.77. The molecule has 0 aliphatic rings. The first kappa shape index (κ1) is 21.0. The van der Waals surface area contributed by atoms with E-state index in [1.807, 2.05) is 13.0 Å². The molecule has 150 valence electrons. The number of benzene rings is 3. The van der Waals surface area contributed by atoms with Gasteiger partial charge in [-0.3, -0.25) is 4.79 Å². The number of carbonyl (C=O) groups excluding carboxylic acids is 1. The number of halogens is 1. The quantitative estimate of drug-likeness (QED) is 0.509. The van der Waals surface area contributed by atoms with Gasteiger partial charge in [0.2, 0.25) is 0 Å². The van der Waals surface area contributed by atoms with E-state index in [0.717, 1.165) is 11.3 Å². The lowest BCUT2D eigenvalue weighted by atomic mass is 10.1. The molecule has 7 heteroatoms. The van der Waals surface area contributed by atoms with Crippen molar-refractivity contribution in [3.8, 4) is 6.07 Å². The SMILES string of the molecule is CC(NC(=S)Nc1ccc(NC(=O)c2cccc(C#N)c2)cc1)c1ccc(F)cc1. The average Bonchev–Trinajstić information content (AvgIpc) is 2.75. The van der Waals surface area contributed by atoms with E-state index in [1.54, 1.807) is 54.6 Å². The first-order chi connectivity index (χ1) is 14.4. The van der Waals surface area contributed by atoms with E-state index in [0.29, 0.717) is 21.9 Å². The summed E-state index contributed by atoms with van der Waals surface area (Å²) in [6, 6.07) is 21.7. The number of hydrogen-bond acceptors (Lipinski definition) is 3. The maximum Gasteiger partial charge on any atom is 0.255 e. The Morgan fingerprint density at radius 2 is 1.63 bits per heavy atom. The van der Waals surface area contributed by atoms with Crippen LogP contribution in [0.4, 0.5) is 15.8 Å². The summed E-state index contributed by atoms with van der Waals surface area (Å²) in [6.07, 6.45) is 0. The summed E-state index contributed by atoms with van der Waals surface area (Å²) in [6.45, 7) is 1.93. The van der Waals surface area contributed by atoms with E-state index in [2.05, 4.69) is 16.0 Å². The van der Waals surface area contributed by atoms with Crippen molar-refractivity contribution in [3.05, 3.63) is 95.3 Å². The van der Waals surface area contributed by atoms with Crippen LogP contribution in [0.5, 0.6) is 0 Å². The summed E-state index contributed by atoms with van der Waals surface area (Å²) in [4.78, 5) is 12.3. The molecule has 1 atom stereocenters. The van der Waals surface area contributed by atoms with Crippen LogP contribution in [0.3, 0.4) is 0 Å². The zero-order chi connectivity index (χ0) is 21.5. The lowest BCUT2D eigenvalue weighted by Gasteiger charge is -2.17. The third kappa shape index (κ3) is 5.63. The van der Waals surface area contributed by atoms with Gasteiger partial charge in [0, 0.05) is 16.9 Å². The first-order valence-corrected chi connectivity index (χ1v) is 9.60. The number of anilines is 2. The van der Waals surface area contributed by atoms with Crippen LogP contribution in [-0.2, 0) is 0 Å². The highest BCUT2D eigenvalue weighted by atomic mass is 32.1. The smallest absolute Gasteiger partial charge is 0.255 e. The number of amides is 1. The summed E-state index contributed by atoms with van der Waals surface area (Å²) in [5, 5.41) is 18.4. The Balaban J connectivity index is 1.56. The van der Waals surface area contributed by atoms with Crippen LogP contribution in [0.1, 0.15) is 34.5 Å². The van der Waals surface area contributed by atoms with Gasteiger partial charge in [-0.15, -0.1) is 0 Å². The van der Waals surface area contributed by atoms with Gasteiger partial charge in [-0.1, -0.05) is 18.2 Å². The Kier molecular flexibility index (Phi) is 6.73. The molecule has 0 radical (unpaired) electrons. The largest absolute Gasteiger partial charge is 0.356 e. The van der Waals surface area contributed by atoms with E-state index in [1.165, 1.54) is 18.2 Å². The fraction of sp³-hybridized carbons (Fsp3) is 0.0870. The molecule has 3 aromatic carbocycles. The number of nitriles is 1. The monoisotopic (exact) mass is 418 g/mol. The highest BCUT2D eigenvalue weighted by Gasteiger charge is 2.09. The Labute approximate surface area is 179 Å². The van der Waals surface area contributed by atoms with Crippen LogP contribution in [0, 0.1) is 17.1 Å². The van der Waals surface area contributed by atoms with Gasteiger partial charge in [0.1, 0.15) is 5.82 Å². The van der Waals surface area contributed by atoms with Gasteiger partial charge in [-0.05, 0) is 79.3 Å². The van der Waals surface area contributed by atoms with Crippen LogP contribution in [0.25, 0.3) is 0 Å². The van der Waals surface area contributed by atoms with Gasteiger partial charge in [0.15, 0.2) is 5.11 Å². The summed E-state index contributed by atoms with van der Waals surface area (Å²) < 4.78 is 13.0. The normalized spacial score (nSPS) is 11.1. The zero-order valence-electron chi connectivity index (χ0n) is 16.1. The predicted octanol–water partition coefficient (Wildman–Crippen LogP) is 5.00. The third-order valence-electron chi connectivity index (χ3n) is 4.37. The van der Waals surface area contributed by atoms with Crippen molar-refractivity contribution in [3.63, 3.8) is 0 Å². The fourth-order valence-corrected chi connectivity index (χ4v) is 3.06. The van der Waals surface area contributed by atoms with Gasteiger partial charge in [0.05, 0.1) is 17.7 Å². The minimum atomic E-state index is -0.293. The van der Waals surface area contributed by atoms with Crippen LogP contribution < -0.4 is 16.0 Å². The van der Waals surface area contributed by atoms with Gasteiger partial charge in [-0.2, -0.15) is 5.26 Å². The number of carbonyl (C=O) groups is 1. The number of thiocarbonyl (C=S) groups is 1. The number of nitrogens with one attached hydrogen (secondary N) is 3. The summed E-state index contributed by atoms with van der Waals surface area (Å²) in [5.74, 6) is -0.574. The maximum absolute atomic E-state index is 13.0. The van der Waals surface area contributed by atoms with Crippen molar-refractivity contribution in [1.82, 2.24) is 5.32 Å². The molecule has 0 aliphatic carbocycles. The van der Waals surface area contributed by atoms with Gasteiger partial charge >= 0.3 is 0 Å². The van der Waals surface area contributed by atoms with Crippen LogP contribution in [0.15, 0.2) is 72.8 Å². The average molecular weight is 418 g/mol. The number of nitrogens with zero attached hydrogens (tertiary/aromatic N) is 1. The standard InChI is InChI=1S/C23H19FN4OS/c1-15(17-5-7-19(24)8-6-17)26-23(30)28-21-11-9-20(10-12-21)27-22(29)18-4-2-3-16(13-18)14-25/h2-13,15H,1H3,(H,27,29)(H2,26,28,30). The molecule has 0 saturated carbocycles. The van der Waals surface area contributed by atoms with E-state index in [4.69, 9.17) is 17.5 Å². The molecule has 5 nitrogen and oxygen atoms in total. The van der Waals surface area contributed by atoms with E-state index >= 15 is 0 Å². The molecule has 1 amide bonds. The number of hydrogen-bond donors (Lipinski definition) is 3. The summed E-state index contributed by atoms with van der Waals surface area (Å²) in [7, 11) is 0. The van der Waals surface area contributed by atoms with Crippen LogP contribution >= 0.6 is 12.2 Å². The molecule has 3 N–H and O–H groups in total. The molecule has 0 aromatic heterocycles. The Morgan fingerprint density at radius 3 is 2.27 bits per heavy atom. The Bertz CT molecular complexity index is 1090. The number of rotatable bonds is 5. The molecule has 0 heterocycles. The molecular formula is C23H19FN4OS. The van der Waals surface area contributed by atoms with Crippen molar-refractivity contribution in [2.24, 2.45) is 0 Å². The van der Waals surface area contributed by atoms with Gasteiger partial charge < -0.3 is 16.0 Å². The first-order valence-electron chi connectivity index (χ1n) is 9.19. The van der Waals surface area contributed by atoms with Gasteiger partial charge in [0.25, 0.3) is 5.91 Å². The molecule has 0 bridgehead atoms. The Morgan fingerprint density at radius 1 is 1.00 bits per heavy atom. The van der Waals surface area contributed by atoms with E-state index in [-0.39, 0.29) is 17.8 Å². The second kappa shape index (κ2) is 9.63. The molecule has 3 aromatic rings. The second-order valence-electron chi connectivity index (χ2n) is 6.60. The molecule has 1 unspecified atom stereocenters. The second-order valence-corrected chi connectivity index (χ2v) is 7.00. The minimum Gasteiger partial charge on any atom is -0.356 e. The molecular weight excluding hydrogens is 399 g/mol. The molecule has 0 spiro atoms. The van der Waals surface area contributed by atoms with Gasteiger partial charge in [-0.25, -0.2) is 4.39 Å². The Hall–Kier alpha value is -3.76. The van der Waals surface area contributed by atoms with Crippen molar-refractivity contribution < 1.29 is 9.18 Å². The van der Waals surface area contributed by atoms with Crippen molar-refractivity contribution in [2.75, 3.05) is 10.6 Å². The van der Waals surface area contributed by atoms with E-state index < -0.39 is 0 Å². The summed E-state index contributed by atoms with van der Waals surface area (Å²) in [5.41, 5.74) is 3.13. The molecule has 30 heavy (non-hydrogen) atoms. The zero-order valence-corrected chi connectivity index (χ0v) is 17.0. The highest BCUT2D eigenvalue weighted by Crippen LogP contribution is 2.17. The molecule has 0 fully saturated rings. The summed E-state index contributed by atoms with van der Waals surface area (Å²) >= 11 is 5.34. The highest BCUT2D eigenvalue weighted by molar-refractivity contribution is 7.80. The topological polar surface area (TPSA) is 76.9 Å². The minimum absolute atomic E-state index is 0.0895. The third-order valence-corrected chi connectivity index (χ3v) is 4.59. The lowest BCUT2D eigenvalue weighted by Crippen LogP contribution is -2.30. The maximum atomic E-state index is 13.0. The lowest BCUT2D eigenvalue weighted by molar-refractivity contribution is 0.102. The van der Waals surface area contributed by atoms with Crippen molar-refractivity contribution >= 4 is 34.6 Å². The van der Waals surface area contributed by atoms with Crippen molar-refractivity contribution in [1.29, 1.82) is 5.26 Å². The molecule has 0 saturated heterocycles. The van der Waals surface area contributed by atoms with Crippen LogP contribution in [0.2, 0.25) is 0 Å². The van der Waals surface area contributed by atoms with Crippen LogP contribution in [-0.4, -0.2) is 11.0 Å². The van der Waals surface area contributed by atoms with Crippen molar-refractivity contribution in [2.45, 2.75) is 13.0 Å². The van der Waals surface area contributed by atoms with E-state index in [9.17, 15) is 9.18 Å².